The Hall–Kier alpha value is -1.68. The number of likely N-dealkylation sites (tertiary alicyclic amines) is 2. The van der Waals surface area contributed by atoms with Gasteiger partial charge in [-0.3, -0.25) is 4.79 Å². The first-order valence-electron chi connectivity index (χ1n) is 12.3. The molecular weight excluding hydrogens is 454 g/mol. The highest BCUT2D eigenvalue weighted by Crippen LogP contribution is 2.32. The van der Waals surface area contributed by atoms with Gasteiger partial charge in [-0.1, -0.05) is 0 Å². The Morgan fingerprint density at radius 1 is 1.03 bits per heavy atom. The lowest BCUT2D eigenvalue weighted by molar-refractivity contribution is -0.137. The molecule has 0 aliphatic carbocycles. The summed E-state index contributed by atoms with van der Waals surface area (Å²) >= 11 is 0. The first-order valence-corrected chi connectivity index (χ1v) is 13.7. The zero-order valence-electron chi connectivity index (χ0n) is 21.4. The van der Waals surface area contributed by atoms with E-state index in [-0.39, 0.29) is 25.7 Å². The Morgan fingerprint density at radius 3 is 2.09 bits per heavy atom. The molecule has 0 N–H and O–H groups in total. The van der Waals surface area contributed by atoms with Crippen LogP contribution in [0.3, 0.4) is 0 Å². The van der Waals surface area contributed by atoms with E-state index >= 15 is 0 Å². The number of nitrogens with zero attached hydrogens (tertiary/aromatic N) is 3. The van der Waals surface area contributed by atoms with Crippen LogP contribution in [0, 0.1) is 25.7 Å². The number of sulfonamides is 1. The van der Waals surface area contributed by atoms with Crippen LogP contribution >= 0.6 is 0 Å². The number of ether oxygens (including phenoxy) is 2. The number of benzene rings is 1. The van der Waals surface area contributed by atoms with Gasteiger partial charge in [0.2, 0.25) is 15.9 Å². The van der Waals surface area contributed by atoms with Gasteiger partial charge in [-0.05, 0) is 94.8 Å². The van der Waals surface area contributed by atoms with E-state index in [4.69, 9.17) is 9.47 Å². The number of methoxy groups -OCH3 is 1. The molecule has 2 fully saturated rings. The third-order valence-electron chi connectivity index (χ3n) is 7.44. The predicted molar refractivity (Wildman–Crippen MR) is 133 cm³/mol. The number of piperidine rings is 2. The number of amides is 1. The molecule has 3 rings (SSSR count). The van der Waals surface area contributed by atoms with Gasteiger partial charge in [0.25, 0.3) is 0 Å². The number of likely N-dealkylation sites (N-methyl/N-ethyl adjacent to an activating group) is 1. The van der Waals surface area contributed by atoms with E-state index in [1.54, 1.807) is 33.1 Å². The number of rotatable bonds is 9. The molecule has 2 aliphatic rings. The second kappa shape index (κ2) is 11.8. The van der Waals surface area contributed by atoms with Crippen molar-refractivity contribution in [1.82, 2.24) is 14.1 Å². The molecule has 2 saturated heterocycles. The number of hydrogen-bond donors (Lipinski definition) is 0. The average molecular weight is 496 g/mol. The Labute approximate surface area is 205 Å². The second-order valence-electron chi connectivity index (χ2n) is 9.83. The van der Waals surface area contributed by atoms with Crippen LogP contribution in [0.4, 0.5) is 0 Å². The molecule has 8 nitrogen and oxygen atoms in total. The standard InChI is InChI=1S/C25H41N3O5S/c1-19-16-23(32-5)17-20(2)25(19)34(30,31)27(4)14-15-33-18-24(29)28-12-8-22(9-13-28)21-6-10-26(3)11-7-21/h16-17,21-22H,6-15,18H2,1-5H3. The maximum atomic E-state index is 13.1. The maximum absolute atomic E-state index is 13.1. The van der Waals surface area contributed by atoms with E-state index in [9.17, 15) is 13.2 Å². The largest absolute Gasteiger partial charge is 0.497 e. The van der Waals surface area contributed by atoms with E-state index in [0.29, 0.717) is 21.8 Å². The van der Waals surface area contributed by atoms with Crippen molar-refractivity contribution in [2.75, 3.05) is 67.1 Å². The summed E-state index contributed by atoms with van der Waals surface area (Å²) in [6.45, 7) is 7.82. The number of carbonyl (C=O) groups excluding carboxylic acids is 1. The minimum atomic E-state index is -3.67. The van der Waals surface area contributed by atoms with Gasteiger partial charge in [0.1, 0.15) is 12.4 Å². The molecule has 0 unspecified atom stereocenters. The van der Waals surface area contributed by atoms with E-state index in [1.807, 2.05) is 4.90 Å². The normalized spacial score (nSPS) is 19.1. The summed E-state index contributed by atoms with van der Waals surface area (Å²) < 4.78 is 38.3. The van der Waals surface area contributed by atoms with Gasteiger partial charge >= 0.3 is 0 Å². The summed E-state index contributed by atoms with van der Waals surface area (Å²) in [5, 5.41) is 0. The molecule has 34 heavy (non-hydrogen) atoms. The Kier molecular flexibility index (Phi) is 9.37. The van der Waals surface area contributed by atoms with Crippen LogP contribution in [0.1, 0.15) is 36.8 Å². The van der Waals surface area contributed by atoms with Gasteiger partial charge in [-0.15, -0.1) is 0 Å². The van der Waals surface area contributed by atoms with Crippen molar-refractivity contribution in [2.45, 2.75) is 44.4 Å². The summed E-state index contributed by atoms with van der Waals surface area (Å²) in [4.78, 5) is 17.2. The first kappa shape index (κ1) is 26.9. The van der Waals surface area contributed by atoms with Crippen molar-refractivity contribution in [2.24, 2.45) is 11.8 Å². The molecule has 1 amide bonds. The minimum absolute atomic E-state index is 0.00539. The Bertz CT molecular complexity index is 913. The van der Waals surface area contributed by atoms with Crippen LogP contribution in [-0.4, -0.2) is 95.6 Å². The smallest absolute Gasteiger partial charge is 0.248 e. The molecule has 2 aliphatic heterocycles. The van der Waals surface area contributed by atoms with Crippen molar-refractivity contribution in [3.8, 4) is 5.75 Å². The highest BCUT2D eigenvalue weighted by molar-refractivity contribution is 7.89. The monoisotopic (exact) mass is 495 g/mol. The molecule has 0 aromatic heterocycles. The quantitative estimate of drug-likeness (QED) is 0.490. The molecule has 1 aromatic carbocycles. The Morgan fingerprint density at radius 2 is 1.56 bits per heavy atom. The van der Waals surface area contributed by atoms with Crippen LogP contribution in [0.5, 0.6) is 5.75 Å². The van der Waals surface area contributed by atoms with E-state index in [1.165, 1.54) is 37.3 Å². The van der Waals surface area contributed by atoms with Crippen molar-refractivity contribution < 1.29 is 22.7 Å². The lowest BCUT2D eigenvalue weighted by Gasteiger charge is -2.39. The zero-order valence-corrected chi connectivity index (χ0v) is 22.2. The molecule has 192 valence electrons. The summed E-state index contributed by atoms with van der Waals surface area (Å²) in [7, 11) is 1.62. The third-order valence-corrected chi connectivity index (χ3v) is 9.60. The van der Waals surface area contributed by atoms with Gasteiger partial charge < -0.3 is 19.3 Å². The van der Waals surface area contributed by atoms with E-state index < -0.39 is 10.0 Å². The number of aryl methyl sites for hydroxylation is 2. The first-order chi connectivity index (χ1) is 16.1. The third kappa shape index (κ3) is 6.50. The van der Waals surface area contributed by atoms with Gasteiger partial charge in [0.15, 0.2) is 0 Å². The minimum Gasteiger partial charge on any atom is -0.497 e. The van der Waals surface area contributed by atoms with Gasteiger partial charge in [-0.2, -0.15) is 4.31 Å². The van der Waals surface area contributed by atoms with Crippen LogP contribution in [0.2, 0.25) is 0 Å². The van der Waals surface area contributed by atoms with Crippen molar-refractivity contribution in [3.05, 3.63) is 23.3 Å². The summed E-state index contributed by atoms with van der Waals surface area (Å²) in [5.41, 5.74) is 1.28. The maximum Gasteiger partial charge on any atom is 0.248 e. The summed E-state index contributed by atoms with van der Waals surface area (Å²) in [6, 6.07) is 3.44. The average Bonchev–Trinajstić information content (AvgIpc) is 2.81. The van der Waals surface area contributed by atoms with Gasteiger partial charge in [0.05, 0.1) is 18.6 Å². The molecule has 0 atom stereocenters. The SMILES string of the molecule is COc1cc(C)c(S(=O)(=O)N(C)CCOCC(=O)N2CCC(C3CCN(C)CC3)CC2)c(C)c1. The highest BCUT2D eigenvalue weighted by atomic mass is 32.2. The molecule has 0 saturated carbocycles. The summed E-state index contributed by atoms with van der Waals surface area (Å²) in [5.74, 6) is 2.14. The molecule has 0 radical (unpaired) electrons. The molecule has 0 spiro atoms. The summed E-state index contributed by atoms with van der Waals surface area (Å²) in [6.07, 6.45) is 4.68. The number of hydrogen-bond acceptors (Lipinski definition) is 6. The second-order valence-corrected chi connectivity index (χ2v) is 11.8. The molecule has 2 heterocycles. The molecule has 9 heteroatoms. The molecular formula is C25H41N3O5S. The lowest BCUT2D eigenvalue weighted by Crippen LogP contribution is -2.43. The van der Waals surface area contributed by atoms with Crippen LogP contribution in [0.15, 0.2) is 17.0 Å². The zero-order chi connectivity index (χ0) is 24.9. The van der Waals surface area contributed by atoms with Gasteiger partial charge in [0, 0.05) is 26.7 Å². The van der Waals surface area contributed by atoms with Crippen molar-refractivity contribution in [1.29, 1.82) is 0 Å². The molecule has 0 bridgehead atoms. The highest BCUT2D eigenvalue weighted by Gasteiger charge is 2.30. The predicted octanol–water partition coefficient (Wildman–Crippen LogP) is 2.53. The fraction of sp³-hybridized carbons (Fsp3) is 0.720. The fourth-order valence-corrected chi connectivity index (χ4v) is 6.83. The fourth-order valence-electron chi connectivity index (χ4n) is 5.28. The van der Waals surface area contributed by atoms with Gasteiger partial charge in [-0.25, -0.2) is 8.42 Å². The lowest BCUT2D eigenvalue weighted by atomic mass is 9.79. The molecule has 1 aromatic rings. The van der Waals surface area contributed by atoms with E-state index in [2.05, 4.69) is 11.9 Å². The van der Waals surface area contributed by atoms with Crippen molar-refractivity contribution >= 4 is 15.9 Å². The van der Waals surface area contributed by atoms with E-state index in [0.717, 1.165) is 37.8 Å². The number of carbonyl (C=O) groups is 1. The Balaban J connectivity index is 1.42. The van der Waals surface area contributed by atoms with Crippen LogP contribution in [0.25, 0.3) is 0 Å². The topological polar surface area (TPSA) is 79.4 Å². The van der Waals surface area contributed by atoms with Crippen molar-refractivity contribution in [3.63, 3.8) is 0 Å². The van der Waals surface area contributed by atoms with Crippen LogP contribution < -0.4 is 4.74 Å². The van der Waals surface area contributed by atoms with Crippen LogP contribution in [-0.2, 0) is 19.6 Å².